The van der Waals surface area contributed by atoms with Crippen molar-refractivity contribution in [1.29, 1.82) is 0 Å². The average molecular weight is 527 g/mol. The number of aromatic nitrogens is 3. The summed E-state index contributed by atoms with van der Waals surface area (Å²) in [6.45, 7) is 3.73. The molecule has 1 fully saturated rings. The van der Waals surface area contributed by atoms with Gasteiger partial charge in [-0.1, -0.05) is 22.9 Å². The van der Waals surface area contributed by atoms with Gasteiger partial charge in [0, 0.05) is 43.8 Å². The van der Waals surface area contributed by atoms with E-state index in [9.17, 15) is 9.59 Å². The normalized spacial score (nSPS) is 14.4. The van der Waals surface area contributed by atoms with E-state index in [2.05, 4.69) is 20.5 Å². The minimum Gasteiger partial charge on any atom is -0.383 e. The molecule has 0 atom stereocenters. The molecule has 0 saturated carbocycles. The van der Waals surface area contributed by atoms with Crippen LogP contribution in [-0.2, 0) is 16.1 Å². The number of piperazine rings is 1. The van der Waals surface area contributed by atoms with Crippen LogP contribution >= 0.6 is 22.9 Å². The van der Waals surface area contributed by atoms with Gasteiger partial charge in [-0.2, -0.15) is 0 Å². The van der Waals surface area contributed by atoms with Crippen LogP contribution in [0.25, 0.3) is 21.3 Å². The quantitative estimate of drug-likeness (QED) is 0.300. The van der Waals surface area contributed by atoms with Crippen molar-refractivity contribution >= 4 is 67.0 Å². The van der Waals surface area contributed by atoms with E-state index in [1.165, 1.54) is 11.3 Å². The summed E-state index contributed by atoms with van der Waals surface area (Å²) in [6.07, 6.45) is 1.13. The Bertz CT molecular complexity index is 1420. The second-order valence-electron chi connectivity index (χ2n) is 8.69. The summed E-state index contributed by atoms with van der Waals surface area (Å²) in [5.74, 6) is 0.753. The van der Waals surface area contributed by atoms with E-state index in [1.54, 1.807) is 7.11 Å². The molecule has 2 aromatic heterocycles. The number of nitrogens with one attached hydrogen (secondary N) is 2. The summed E-state index contributed by atoms with van der Waals surface area (Å²) in [7, 11) is 1.66. The highest BCUT2D eigenvalue weighted by Crippen LogP contribution is 2.31. The molecule has 36 heavy (non-hydrogen) atoms. The van der Waals surface area contributed by atoms with E-state index in [0.717, 1.165) is 34.3 Å². The van der Waals surface area contributed by atoms with Gasteiger partial charge in [0.25, 0.3) is 0 Å². The summed E-state index contributed by atoms with van der Waals surface area (Å²) in [5.41, 5.74) is 3.15. The Hall–Kier alpha value is -3.05. The molecule has 4 aromatic rings. The van der Waals surface area contributed by atoms with Gasteiger partial charge in [0.05, 0.1) is 34.4 Å². The maximum Gasteiger partial charge on any atom is 0.234 e. The number of halogens is 1. The Labute approximate surface area is 217 Å². The molecule has 0 bridgehead atoms. The number of hydrogen-bond donors (Lipinski definition) is 2. The minimum atomic E-state index is 0.0427. The zero-order chi connectivity index (χ0) is 25.1. The number of nitrogens with zero attached hydrogens (tertiary/aromatic N) is 4. The van der Waals surface area contributed by atoms with Crippen molar-refractivity contribution in [3.8, 4) is 0 Å². The van der Waals surface area contributed by atoms with Gasteiger partial charge >= 0.3 is 0 Å². The first-order valence-electron chi connectivity index (χ1n) is 11.8. The van der Waals surface area contributed by atoms with Gasteiger partial charge < -0.3 is 19.9 Å². The third kappa shape index (κ3) is 5.52. The van der Waals surface area contributed by atoms with E-state index >= 15 is 0 Å². The van der Waals surface area contributed by atoms with Crippen molar-refractivity contribution in [2.75, 3.05) is 45.2 Å². The van der Waals surface area contributed by atoms with Crippen molar-refractivity contribution in [2.24, 2.45) is 0 Å². The second-order valence-corrected chi connectivity index (χ2v) is 10.2. The lowest BCUT2D eigenvalue weighted by atomic mass is 10.1. The Kier molecular flexibility index (Phi) is 7.47. The number of thiazole rings is 1. The molecular weight excluding hydrogens is 500 g/mol. The summed E-state index contributed by atoms with van der Waals surface area (Å²) in [6, 6.07) is 11.2. The maximum absolute atomic E-state index is 12.9. The molecule has 188 valence electrons. The van der Waals surface area contributed by atoms with E-state index in [4.69, 9.17) is 21.3 Å². The smallest absolute Gasteiger partial charge is 0.234 e. The number of ether oxygens (including phenoxy) is 1. The monoisotopic (exact) mass is 526 g/mol. The van der Waals surface area contributed by atoms with Gasteiger partial charge in [-0.05, 0) is 49.4 Å². The lowest BCUT2D eigenvalue weighted by Crippen LogP contribution is -2.47. The van der Waals surface area contributed by atoms with Crippen molar-refractivity contribution in [3.63, 3.8) is 0 Å². The zero-order valence-corrected chi connectivity index (χ0v) is 21.5. The van der Waals surface area contributed by atoms with Gasteiger partial charge in [0.1, 0.15) is 0 Å². The second kappa shape index (κ2) is 10.9. The molecule has 9 nitrogen and oxygen atoms in total. The first kappa shape index (κ1) is 24.6. The summed E-state index contributed by atoms with van der Waals surface area (Å²) in [4.78, 5) is 35.9. The molecular formula is C25H27ClN6O3S. The fourth-order valence-corrected chi connectivity index (χ4v) is 5.48. The van der Waals surface area contributed by atoms with E-state index in [0.29, 0.717) is 60.7 Å². The molecule has 11 heteroatoms. The number of Topliss-reactive ketones (excluding diaryl/α,β-unsaturated/α-hetero) is 1. The summed E-state index contributed by atoms with van der Waals surface area (Å²) < 4.78 is 8.33. The molecule has 2 N–H and O–H groups in total. The molecule has 1 aliphatic rings. The first-order valence-corrected chi connectivity index (χ1v) is 13.0. The number of anilines is 2. The SMILES string of the molecule is COCCn1c(Nc2nc3ccc(Cl)cc3s2)nc2cc(C(=O)CCCN3CCNC(=O)C3)ccc21. The molecule has 0 spiro atoms. The Morgan fingerprint density at radius 2 is 2.08 bits per heavy atom. The van der Waals surface area contributed by atoms with Gasteiger partial charge in [0.2, 0.25) is 11.9 Å². The van der Waals surface area contributed by atoms with Gasteiger partial charge in [-0.25, -0.2) is 9.97 Å². The number of amides is 1. The van der Waals surface area contributed by atoms with Crippen LogP contribution < -0.4 is 10.6 Å². The highest BCUT2D eigenvalue weighted by atomic mass is 35.5. The topological polar surface area (TPSA) is 101 Å². The number of carbonyl (C=O) groups excluding carboxylic acids is 2. The number of methoxy groups -OCH3 is 1. The third-order valence-electron chi connectivity index (χ3n) is 6.15. The van der Waals surface area contributed by atoms with Crippen LogP contribution in [0.3, 0.4) is 0 Å². The zero-order valence-electron chi connectivity index (χ0n) is 19.9. The van der Waals surface area contributed by atoms with Gasteiger partial charge in [-0.3, -0.25) is 14.5 Å². The molecule has 3 heterocycles. The van der Waals surface area contributed by atoms with Crippen LogP contribution in [0.1, 0.15) is 23.2 Å². The summed E-state index contributed by atoms with van der Waals surface area (Å²) >= 11 is 7.63. The molecule has 2 aromatic carbocycles. The standard InChI is InChI=1S/C25H27ClN6O3S/c1-35-12-11-32-20-7-4-16(21(33)3-2-9-31-10-8-27-23(34)15-31)13-19(20)28-24(32)30-25-29-18-6-5-17(26)14-22(18)36-25/h4-7,13-14H,2-3,8-12,15H2,1H3,(H,27,34)(H,28,29,30). The number of benzene rings is 2. The van der Waals surface area contributed by atoms with E-state index in [1.807, 2.05) is 41.0 Å². The number of fused-ring (bicyclic) bond motifs is 2. The molecule has 0 aliphatic carbocycles. The van der Waals surface area contributed by atoms with Crippen LogP contribution in [0.5, 0.6) is 0 Å². The van der Waals surface area contributed by atoms with E-state index < -0.39 is 0 Å². The fourth-order valence-electron chi connectivity index (χ4n) is 4.35. The largest absolute Gasteiger partial charge is 0.383 e. The number of rotatable bonds is 10. The Morgan fingerprint density at radius 1 is 1.19 bits per heavy atom. The molecule has 0 radical (unpaired) electrons. The number of imidazole rings is 1. The molecule has 0 unspecified atom stereocenters. The molecule has 1 amide bonds. The first-order chi connectivity index (χ1) is 17.5. The van der Waals surface area contributed by atoms with Crippen LogP contribution in [0.15, 0.2) is 36.4 Å². The number of carbonyl (C=O) groups is 2. The van der Waals surface area contributed by atoms with E-state index in [-0.39, 0.29) is 11.7 Å². The highest BCUT2D eigenvalue weighted by molar-refractivity contribution is 7.22. The third-order valence-corrected chi connectivity index (χ3v) is 7.32. The number of ketones is 1. The van der Waals surface area contributed by atoms with Crippen molar-refractivity contribution in [1.82, 2.24) is 24.8 Å². The lowest BCUT2D eigenvalue weighted by Gasteiger charge is -2.26. The number of hydrogen-bond acceptors (Lipinski definition) is 8. The molecule has 1 saturated heterocycles. The molecule has 5 rings (SSSR count). The van der Waals surface area contributed by atoms with Crippen molar-refractivity contribution in [2.45, 2.75) is 19.4 Å². The predicted molar refractivity (Wildman–Crippen MR) is 143 cm³/mol. The predicted octanol–water partition coefficient (Wildman–Crippen LogP) is 4.08. The molecule has 1 aliphatic heterocycles. The van der Waals surface area contributed by atoms with Crippen molar-refractivity contribution < 1.29 is 14.3 Å². The Morgan fingerprint density at radius 3 is 2.92 bits per heavy atom. The van der Waals surface area contributed by atoms with Crippen LogP contribution in [-0.4, -0.2) is 71.0 Å². The minimum absolute atomic E-state index is 0.0427. The fraction of sp³-hybridized carbons (Fsp3) is 0.360. The Balaban J connectivity index is 1.33. The average Bonchev–Trinajstić information content (AvgIpc) is 3.41. The van der Waals surface area contributed by atoms with Crippen LogP contribution in [0.2, 0.25) is 5.02 Å². The van der Waals surface area contributed by atoms with Crippen molar-refractivity contribution in [3.05, 3.63) is 47.0 Å². The maximum atomic E-state index is 12.9. The van der Waals surface area contributed by atoms with Gasteiger partial charge in [0.15, 0.2) is 10.9 Å². The highest BCUT2D eigenvalue weighted by Gasteiger charge is 2.18. The van der Waals surface area contributed by atoms with Gasteiger partial charge in [-0.15, -0.1) is 0 Å². The lowest BCUT2D eigenvalue weighted by molar-refractivity contribution is -0.124. The van der Waals surface area contributed by atoms with Crippen LogP contribution in [0.4, 0.5) is 11.1 Å². The van der Waals surface area contributed by atoms with Crippen LogP contribution in [0, 0.1) is 0 Å². The summed E-state index contributed by atoms with van der Waals surface area (Å²) in [5, 5.41) is 7.54.